The Balaban J connectivity index is 1.70. The third-order valence-corrected chi connectivity index (χ3v) is 7.30. The number of sulfonamides is 1. The summed E-state index contributed by atoms with van der Waals surface area (Å²) in [7, 11) is -3.74. The average molecular weight is 467 g/mol. The van der Waals surface area contributed by atoms with E-state index < -0.39 is 10.0 Å². The summed E-state index contributed by atoms with van der Waals surface area (Å²) in [6.45, 7) is 5.10. The highest BCUT2D eigenvalue weighted by Crippen LogP contribution is 2.33. The van der Waals surface area contributed by atoms with Gasteiger partial charge in [-0.3, -0.25) is 4.79 Å². The maximum Gasteiger partial charge on any atom is 0.256 e. The van der Waals surface area contributed by atoms with Crippen LogP contribution in [0, 0.1) is 13.8 Å². The van der Waals surface area contributed by atoms with E-state index in [0.29, 0.717) is 30.3 Å². The van der Waals surface area contributed by atoms with E-state index >= 15 is 0 Å². The summed E-state index contributed by atoms with van der Waals surface area (Å²) in [5.41, 5.74) is 2.66. The number of hydrogen-bond donors (Lipinski definition) is 1. The van der Waals surface area contributed by atoms with Crippen LogP contribution in [-0.4, -0.2) is 44.9 Å². The lowest BCUT2D eigenvalue weighted by Crippen LogP contribution is -2.40. The van der Waals surface area contributed by atoms with Gasteiger partial charge in [-0.1, -0.05) is 35.9 Å². The molecule has 33 heavy (non-hydrogen) atoms. The second-order valence-corrected chi connectivity index (χ2v) is 9.80. The number of rotatable bonds is 6. The molecule has 1 heterocycles. The summed E-state index contributed by atoms with van der Waals surface area (Å²) in [6, 6.07) is 19.2. The number of amides is 1. The Kier molecular flexibility index (Phi) is 6.78. The smallest absolute Gasteiger partial charge is 0.256 e. The average Bonchev–Trinajstić information content (AvgIpc) is 2.81. The molecule has 0 aliphatic carbocycles. The number of morpholine rings is 1. The van der Waals surface area contributed by atoms with Gasteiger partial charge in [-0.25, -0.2) is 8.42 Å². The number of nitrogens with zero attached hydrogens (tertiary/aromatic N) is 1. The van der Waals surface area contributed by atoms with Crippen LogP contribution >= 0.6 is 0 Å². The first kappa shape index (κ1) is 23.0. The van der Waals surface area contributed by atoms with Crippen LogP contribution < -0.4 is 10.1 Å². The third kappa shape index (κ3) is 5.24. The highest BCUT2D eigenvalue weighted by molar-refractivity contribution is 7.89. The Hall–Kier alpha value is -3.20. The molecule has 1 fully saturated rings. The first-order valence-corrected chi connectivity index (χ1v) is 12.1. The molecular weight excluding hydrogens is 440 g/mol. The minimum Gasteiger partial charge on any atom is -0.455 e. The van der Waals surface area contributed by atoms with Crippen LogP contribution in [0.25, 0.3) is 0 Å². The Morgan fingerprint density at radius 2 is 1.70 bits per heavy atom. The minimum atomic E-state index is -3.74. The first-order valence-electron chi connectivity index (χ1n) is 10.7. The summed E-state index contributed by atoms with van der Waals surface area (Å²) < 4.78 is 39.0. The Morgan fingerprint density at radius 1 is 0.970 bits per heavy atom. The van der Waals surface area contributed by atoms with Crippen molar-refractivity contribution in [2.75, 3.05) is 31.6 Å². The van der Waals surface area contributed by atoms with Gasteiger partial charge in [-0.05, 0) is 55.8 Å². The first-order chi connectivity index (χ1) is 15.8. The van der Waals surface area contributed by atoms with E-state index in [1.807, 2.05) is 44.2 Å². The highest BCUT2D eigenvalue weighted by Gasteiger charge is 2.27. The quantitative estimate of drug-likeness (QED) is 0.583. The van der Waals surface area contributed by atoms with E-state index in [2.05, 4.69) is 5.32 Å². The number of ether oxygens (including phenoxy) is 2. The Bertz CT molecular complexity index is 1250. The molecule has 7 nitrogen and oxygen atoms in total. The van der Waals surface area contributed by atoms with E-state index in [1.165, 1.54) is 16.4 Å². The normalized spacial score (nSPS) is 14.6. The summed E-state index contributed by atoms with van der Waals surface area (Å²) in [5, 5.41) is 2.85. The summed E-state index contributed by atoms with van der Waals surface area (Å²) in [6.07, 6.45) is 0. The van der Waals surface area contributed by atoms with E-state index in [1.54, 1.807) is 24.3 Å². The van der Waals surface area contributed by atoms with Gasteiger partial charge in [0.15, 0.2) is 5.75 Å². The fourth-order valence-electron chi connectivity index (χ4n) is 3.67. The standard InChI is InChI=1S/C25H26N2O5S/c1-18-8-10-22(19(2)16-18)25(28)26-23-17-21(33(29,30)27-12-14-31-15-13-27)9-11-24(23)32-20-6-4-3-5-7-20/h3-11,16-17H,12-15H2,1-2H3,(H,26,28). The maximum atomic E-state index is 13.2. The van der Waals surface area contributed by atoms with Crippen LogP contribution in [0.2, 0.25) is 0 Å². The van der Waals surface area contributed by atoms with Gasteiger partial charge < -0.3 is 14.8 Å². The van der Waals surface area contributed by atoms with Crippen LogP contribution in [0.4, 0.5) is 5.69 Å². The molecule has 4 rings (SSSR count). The molecule has 8 heteroatoms. The zero-order chi connectivity index (χ0) is 23.4. The molecule has 0 unspecified atom stereocenters. The van der Waals surface area contributed by atoms with Gasteiger partial charge in [0.25, 0.3) is 5.91 Å². The van der Waals surface area contributed by atoms with Crippen molar-refractivity contribution in [1.82, 2.24) is 4.31 Å². The summed E-state index contributed by atoms with van der Waals surface area (Å²) >= 11 is 0. The number of nitrogens with one attached hydrogen (secondary N) is 1. The Morgan fingerprint density at radius 3 is 2.39 bits per heavy atom. The van der Waals surface area contributed by atoms with E-state index in [9.17, 15) is 13.2 Å². The number of anilines is 1. The van der Waals surface area contributed by atoms with E-state index in [0.717, 1.165) is 11.1 Å². The monoisotopic (exact) mass is 466 g/mol. The minimum absolute atomic E-state index is 0.0840. The van der Waals surface area contributed by atoms with Crippen molar-refractivity contribution in [3.05, 3.63) is 83.4 Å². The molecule has 3 aromatic carbocycles. The van der Waals surface area contributed by atoms with Crippen molar-refractivity contribution in [3.63, 3.8) is 0 Å². The zero-order valence-corrected chi connectivity index (χ0v) is 19.4. The van der Waals surface area contributed by atoms with Crippen molar-refractivity contribution in [3.8, 4) is 11.5 Å². The van der Waals surface area contributed by atoms with Gasteiger partial charge in [0.05, 0.1) is 23.8 Å². The molecule has 1 aliphatic heterocycles. The Labute approximate surface area is 194 Å². The lowest BCUT2D eigenvalue weighted by Gasteiger charge is -2.26. The van der Waals surface area contributed by atoms with Crippen LogP contribution in [0.15, 0.2) is 71.6 Å². The molecule has 0 atom stereocenters. The number of hydrogen-bond acceptors (Lipinski definition) is 5. The highest BCUT2D eigenvalue weighted by atomic mass is 32.2. The molecule has 172 valence electrons. The predicted octanol–water partition coefficient (Wildman–Crippen LogP) is 4.37. The van der Waals surface area contributed by atoms with Crippen molar-refractivity contribution in [2.45, 2.75) is 18.7 Å². The molecule has 1 saturated heterocycles. The molecule has 0 saturated carbocycles. The van der Waals surface area contributed by atoms with Crippen molar-refractivity contribution >= 4 is 21.6 Å². The largest absolute Gasteiger partial charge is 0.455 e. The van der Waals surface area contributed by atoms with Crippen molar-refractivity contribution < 1.29 is 22.7 Å². The number of para-hydroxylation sites is 1. The van der Waals surface area contributed by atoms with Crippen LogP contribution in [-0.2, 0) is 14.8 Å². The second kappa shape index (κ2) is 9.74. The molecule has 1 N–H and O–H groups in total. The van der Waals surface area contributed by atoms with Gasteiger partial charge in [0.1, 0.15) is 5.75 Å². The summed E-state index contributed by atoms with van der Waals surface area (Å²) in [5.74, 6) is 0.579. The summed E-state index contributed by atoms with van der Waals surface area (Å²) in [4.78, 5) is 13.2. The molecule has 3 aromatic rings. The second-order valence-electron chi connectivity index (χ2n) is 7.86. The molecular formula is C25H26N2O5S. The van der Waals surface area contributed by atoms with Gasteiger partial charge in [0, 0.05) is 18.7 Å². The lowest BCUT2D eigenvalue weighted by molar-refractivity contribution is 0.0730. The number of carbonyl (C=O) groups is 1. The van der Waals surface area contributed by atoms with Crippen molar-refractivity contribution in [2.24, 2.45) is 0 Å². The number of carbonyl (C=O) groups excluding carboxylic acids is 1. The van der Waals surface area contributed by atoms with E-state index in [-0.39, 0.29) is 29.6 Å². The molecule has 0 spiro atoms. The van der Waals surface area contributed by atoms with Gasteiger partial charge >= 0.3 is 0 Å². The number of benzene rings is 3. The topological polar surface area (TPSA) is 84.9 Å². The van der Waals surface area contributed by atoms with Crippen LogP contribution in [0.5, 0.6) is 11.5 Å². The fraction of sp³-hybridized carbons (Fsp3) is 0.240. The molecule has 0 bridgehead atoms. The maximum absolute atomic E-state index is 13.2. The zero-order valence-electron chi connectivity index (χ0n) is 18.6. The SMILES string of the molecule is Cc1ccc(C(=O)Nc2cc(S(=O)(=O)N3CCOCC3)ccc2Oc2ccccc2)c(C)c1. The fourth-order valence-corrected chi connectivity index (χ4v) is 5.10. The van der Waals surface area contributed by atoms with Gasteiger partial charge in [-0.2, -0.15) is 4.31 Å². The van der Waals surface area contributed by atoms with Crippen LogP contribution in [0.3, 0.4) is 0 Å². The van der Waals surface area contributed by atoms with E-state index in [4.69, 9.17) is 9.47 Å². The van der Waals surface area contributed by atoms with Crippen molar-refractivity contribution in [1.29, 1.82) is 0 Å². The van der Waals surface area contributed by atoms with Gasteiger partial charge in [0.2, 0.25) is 10.0 Å². The van der Waals surface area contributed by atoms with Gasteiger partial charge in [-0.15, -0.1) is 0 Å². The van der Waals surface area contributed by atoms with Crippen LogP contribution in [0.1, 0.15) is 21.5 Å². The molecule has 0 radical (unpaired) electrons. The molecule has 1 aliphatic rings. The third-order valence-electron chi connectivity index (χ3n) is 5.40. The predicted molar refractivity (Wildman–Crippen MR) is 126 cm³/mol. The molecule has 0 aromatic heterocycles. The number of aryl methyl sites for hydroxylation is 2. The lowest BCUT2D eigenvalue weighted by atomic mass is 10.1. The molecule has 1 amide bonds.